The Morgan fingerprint density at radius 3 is 2.75 bits per heavy atom. The van der Waals surface area contributed by atoms with Crippen LogP contribution in [0.1, 0.15) is 28.2 Å². The van der Waals surface area contributed by atoms with Gasteiger partial charge in [-0.15, -0.1) is 0 Å². The summed E-state index contributed by atoms with van der Waals surface area (Å²) in [5, 5.41) is 0. The molecule has 2 heterocycles. The topological polar surface area (TPSA) is 51.4 Å². The number of nitrogens with zero attached hydrogens (tertiary/aromatic N) is 2. The van der Waals surface area contributed by atoms with E-state index >= 15 is 0 Å². The van der Waals surface area contributed by atoms with E-state index in [-0.39, 0.29) is 5.97 Å². The van der Waals surface area contributed by atoms with Gasteiger partial charge in [-0.25, -0.2) is 9.37 Å². The molecule has 106 valence electrons. The van der Waals surface area contributed by atoms with Crippen LogP contribution in [0.2, 0.25) is 0 Å². The Labute approximate surface area is 118 Å². The van der Waals surface area contributed by atoms with Gasteiger partial charge in [-0.2, -0.15) is 0 Å². The minimum atomic E-state index is -0.361. The normalized spacial score (nSPS) is 14.9. The van der Waals surface area contributed by atoms with Crippen LogP contribution in [0.4, 0.5) is 0 Å². The second-order valence-corrected chi connectivity index (χ2v) is 4.77. The first-order valence-electron chi connectivity index (χ1n) is 6.44. The fourth-order valence-electron chi connectivity index (χ4n) is 2.23. The lowest BCUT2D eigenvalue weighted by atomic mass is 10.0. The van der Waals surface area contributed by atoms with Gasteiger partial charge in [-0.3, -0.25) is 4.98 Å². The highest BCUT2D eigenvalue weighted by molar-refractivity contribution is 6.08. The maximum Gasteiger partial charge on any atom is 0.337 e. The lowest BCUT2D eigenvalue weighted by Crippen LogP contribution is -2.18. The van der Waals surface area contributed by atoms with Crippen molar-refractivity contribution < 1.29 is 18.8 Å². The maximum absolute atomic E-state index is 11.7. The van der Waals surface area contributed by atoms with Crippen molar-refractivity contribution in [1.29, 1.82) is 0 Å². The van der Waals surface area contributed by atoms with Crippen molar-refractivity contribution in [2.45, 2.75) is 13.3 Å². The summed E-state index contributed by atoms with van der Waals surface area (Å²) >= 11 is 0. The molecule has 0 aliphatic carbocycles. The number of pyridine rings is 1. The third-order valence-electron chi connectivity index (χ3n) is 3.24. The zero-order valence-corrected chi connectivity index (χ0v) is 12.3. The Balaban J connectivity index is 2.54. The van der Waals surface area contributed by atoms with E-state index in [1.807, 2.05) is 20.2 Å². The molecule has 0 amide bonds. The summed E-state index contributed by atoms with van der Waals surface area (Å²) in [6, 6.07) is 3.46. The second-order valence-electron chi connectivity index (χ2n) is 4.77. The predicted octanol–water partition coefficient (Wildman–Crippen LogP) is 1.65. The van der Waals surface area contributed by atoms with Crippen molar-refractivity contribution >= 4 is 17.8 Å². The van der Waals surface area contributed by atoms with Gasteiger partial charge in [-0.1, -0.05) is 0 Å². The van der Waals surface area contributed by atoms with Gasteiger partial charge >= 0.3 is 5.97 Å². The molecule has 1 aromatic heterocycles. The van der Waals surface area contributed by atoms with E-state index in [1.165, 1.54) is 7.11 Å². The van der Waals surface area contributed by atoms with Crippen molar-refractivity contribution in [1.82, 2.24) is 4.98 Å². The third-order valence-corrected chi connectivity index (χ3v) is 3.24. The number of rotatable bonds is 3. The average molecular weight is 275 g/mol. The monoisotopic (exact) mass is 275 g/mol. The maximum atomic E-state index is 11.7. The van der Waals surface area contributed by atoms with Crippen LogP contribution in [0.15, 0.2) is 17.9 Å². The van der Waals surface area contributed by atoms with E-state index in [4.69, 9.17) is 9.47 Å². The summed E-state index contributed by atoms with van der Waals surface area (Å²) < 4.78 is 12.3. The second kappa shape index (κ2) is 5.86. The van der Waals surface area contributed by atoms with Crippen LogP contribution in [0.3, 0.4) is 0 Å². The molecule has 5 heteroatoms. The number of hydrogen-bond acceptors (Lipinski definition) is 4. The molecule has 1 aliphatic rings. The molecule has 20 heavy (non-hydrogen) atoms. The van der Waals surface area contributed by atoms with Gasteiger partial charge in [0, 0.05) is 5.69 Å². The average Bonchev–Trinajstić information content (AvgIpc) is 2.45. The molecule has 0 saturated carbocycles. The number of hydrogen-bond donors (Lipinski definition) is 0. The molecule has 5 nitrogen and oxygen atoms in total. The molecular weight excluding hydrogens is 256 g/mol. The van der Waals surface area contributed by atoms with Gasteiger partial charge in [0.05, 0.1) is 31.9 Å². The van der Waals surface area contributed by atoms with E-state index in [0.717, 1.165) is 35.7 Å². The fraction of sp³-hybridized carbons (Fsp3) is 0.400. The van der Waals surface area contributed by atoms with Crippen molar-refractivity contribution in [3.63, 3.8) is 0 Å². The van der Waals surface area contributed by atoms with E-state index in [0.29, 0.717) is 5.56 Å². The zero-order valence-electron chi connectivity index (χ0n) is 12.3. The van der Waals surface area contributed by atoms with Gasteiger partial charge in [0.1, 0.15) is 24.9 Å². The van der Waals surface area contributed by atoms with E-state index < -0.39 is 0 Å². The van der Waals surface area contributed by atoms with Crippen LogP contribution in [0.5, 0.6) is 0 Å². The first-order chi connectivity index (χ1) is 9.55. The van der Waals surface area contributed by atoms with Crippen molar-refractivity contribution in [2.24, 2.45) is 0 Å². The summed E-state index contributed by atoms with van der Waals surface area (Å²) in [6.45, 7) is 2.76. The summed E-state index contributed by atoms with van der Waals surface area (Å²) in [5.74, 6) is 0.525. The molecule has 0 unspecified atom stereocenters. The van der Waals surface area contributed by atoms with Gasteiger partial charge in [0.2, 0.25) is 0 Å². The Hall–Kier alpha value is -2.17. The SMILES string of the molecule is COC(=O)c1cc(C)nc(C2=C(OC)CC[N+](C)=C2)c1. The number of esters is 1. The highest BCUT2D eigenvalue weighted by Crippen LogP contribution is 2.22. The molecule has 0 N–H and O–H groups in total. The van der Waals surface area contributed by atoms with Crippen molar-refractivity contribution in [3.05, 3.63) is 34.8 Å². The lowest BCUT2D eigenvalue weighted by Gasteiger charge is -2.14. The fourth-order valence-corrected chi connectivity index (χ4v) is 2.23. The van der Waals surface area contributed by atoms with Gasteiger partial charge in [-0.05, 0) is 19.1 Å². The van der Waals surface area contributed by atoms with E-state index in [1.54, 1.807) is 19.2 Å². The Morgan fingerprint density at radius 1 is 1.35 bits per heavy atom. The number of aryl methyl sites for hydroxylation is 1. The summed E-state index contributed by atoms with van der Waals surface area (Å²) in [7, 11) is 5.03. The molecule has 2 rings (SSSR count). The van der Waals surface area contributed by atoms with Crippen LogP contribution in [0, 0.1) is 6.92 Å². The molecular formula is C15H19N2O3+. The van der Waals surface area contributed by atoms with Crippen molar-refractivity contribution in [2.75, 3.05) is 27.8 Å². The highest BCUT2D eigenvalue weighted by Gasteiger charge is 2.21. The smallest absolute Gasteiger partial charge is 0.337 e. The first kappa shape index (κ1) is 14.2. The minimum absolute atomic E-state index is 0.361. The molecule has 0 spiro atoms. The lowest BCUT2D eigenvalue weighted by molar-refractivity contribution is -0.492. The zero-order chi connectivity index (χ0) is 14.7. The predicted molar refractivity (Wildman–Crippen MR) is 76.0 cm³/mol. The molecule has 0 radical (unpaired) electrons. The van der Waals surface area contributed by atoms with Crippen molar-refractivity contribution in [3.8, 4) is 0 Å². The summed E-state index contributed by atoms with van der Waals surface area (Å²) in [5.41, 5.74) is 2.91. The van der Waals surface area contributed by atoms with Crippen LogP contribution < -0.4 is 0 Å². The molecule has 1 aliphatic heterocycles. The Morgan fingerprint density at radius 2 is 2.10 bits per heavy atom. The van der Waals surface area contributed by atoms with E-state index in [2.05, 4.69) is 9.56 Å². The highest BCUT2D eigenvalue weighted by atomic mass is 16.5. The molecule has 0 saturated heterocycles. The van der Waals surface area contributed by atoms with Gasteiger partial charge < -0.3 is 9.47 Å². The van der Waals surface area contributed by atoms with Gasteiger partial charge in [0.25, 0.3) is 0 Å². The minimum Gasteiger partial charge on any atom is -0.500 e. The number of carbonyl (C=O) groups is 1. The molecule has 0 atom stereocenters. The molecule has 0 bridgehead atoms. The first-order valence-corrected chi connectivity index (χ1v) is 6.44. The molecule has 0 aromatic carbocycles. The van der Waals surface area contributed by atoms with Gasteiger partial charge in [0.15, 0.2) is 6.21 Å². The van der Waals surface area contributed by atoms with E-state index in [9.17, 15) is 4.79 Å². The quantitative estimate of drug-likeness (QED) is 0.622. The summed E-state index contributed by atoms with van der Waals surface area (Å²) in [6.07, 6.45) is 2.81. The number of ether oxygens (including phenoxy) is 2. The number of aromatic nitrogens is 1. The Bertz CT molecular complexity index is 603. The number of allylic oxidation sites excluding steroid dienone is 1. The Kier molecular flexibility index (Phi) is 4.17. The van der Waals surface area contributed by atoms with Crippen LogP contribution in [0.25, 0.3) is 5.57 Å². The number of methoxy groups -OCH3 is 2. The van der Waals surface area contributed by atoms with Crippen LogP contribution in [-0.2, 0) is 9.47 Å². The molecule has 0 fully saturated rings. The third kappa shape index (κ3) is 2.87. The largest absolute Gasteiger partial charge is 0.500 e. The summed E-state index contributed by atoms with van der Waals surface area (Å²) in [4.78, 5) is 16.2. The molecule has 1 aromatic rings. The standard InChI is InChI=1S/C15H19N2O3/c1-10-7-11(15(18)20-4)8-13(16-10)12-9-17(2)6-5-14(12)19-3/h7-9H,5-6H2,1-4H3/q+1. The van der Waals surface area contributed by atoms with Crippen LogP contribution in [-0.4, -0.2) is 49.6 Å². The number of carbonyl (C=O) groups excluding carboxylic acids is 1. The van der Waals surface area contributed by atoms with Crippen LogP contribution >= 0.6 is 0 Å².